The van der Waals surface area contributed by atoms with Crippen LogP contribution in [0.25, 0.3) is 5.82 Å². The van der Waals surface area contributed by atoms with Gasteiger partial charge >= 0.3 is 5.69 Å². The van der Waals surface area contributed by atoms with Crippen LogP contribution in [-0.2, 0) is 13.0 Å². The highest BCUT2D eigenvalue weighted by Gasteiger charge is 2.27. The van der Waals surface area contributed by atoms with E-state index < -0.39 is 17.5 Å². The van der Waals surface area contributed by atoms with Crippen molar-refractivity contribution < 1.29 is 14.2 Å². The fourth-order valence-electron chi connectivity index (χ4n) is 4.33. The molecule has 5 rings (SSSR count). The van der Waals surface area contributed by atoms with Crippen LogP contribution in [0.5, 0.6) is 5.75 Å². The number of fused-ring (bicyclic) bond motifs is 1. The van der Waals surface area contributed by atoms with Crippen molar-refractivity contribution in [2.45, 2.75) is 25.9 Å². The standard InChI is InChI=1S/C26H27FN8O3/c1-2-14-10-18(21(27)20(11-14)38-9-8-36)22(32-16-5-6-17-15(12-16)13-31-23(17)29)24-33-26(37)35(34-24)25-19(28)4-3-7-30-25/h3-7,10-12,22,32,36H,2,8-9,13,28H2,1H3,(H2,29,31)(H,33,34,37)/t22-/m0/s1. The summed E-state index contributed by atoms with van der Waals surface area (Å²) >= 11 is 0. The number of nitrogens with two attached hydrogens (primary N) is 2. The zero-order valence-corrected chi connectivity index (χ0v) is 20.6. The summed E-state index contributed by atoms with van der Waals surface area (Å²) in [5.41, 5.74) is 15.0. The lowest BCUT2D eigenvalue weighted by Gasteiger charge is -2.21. The number of H-pyrrole nitrogens is 1. The molecule has 7 N–H and O–H groups in total. The lowest BCUT2D eigenvalue weighted by molar-refractivity contribution is 0.196. The summed E-state index contributed by atoms with van der Waals surface area (Å²) in [7, 11) is 0. The zero-order chi connectivity index (χ0) is 26.8. The number of hydrogen-bond acceptors (Lipinski definition) is 9. The number of halogens is 1. The average molecular weight is 519 g/mol. The van der Waals surface area contributed by atoms with Gasteiger partial charge in [0.15, 0.2) is 23.2 Å². The van der Waals surface area contributed by atoms with Crippen molar-refractivity contribution in [2.75, 3.05) is 24.3 Å². The van der Waals surface area contributed by atoms with E-state index in [0.717, 1.165) is 21.4 Å². The molecule has 1 atom stereocenters. The molecule has 0 amide bonds. The number of aromatic nitrogens is 4. The number of rotatable bonds is 9. The Labute approximate surface area is 217 Å². The summed E-state index contributed by atoms with van der Waals surface area (Å²) in [5, 5.41) is 17.0. The SMILES string of the molecule is CCc1cc(OCCO)c(F)c([C@H](Nc2ccc3c(c2)CN=C3N)c2nn(-c3ncccc3N)c(=O)[nH]2)c1. The van der Waals surface area contributed by atoms with E-state index in [0.29, 0.717) is 24.5 Å². The summed E-state index contributed by atoms with van der Waals surface area (Å²) in [5.74, 6) is 0.0995. The first kappa shape index (κ1) is 25.0. The maximum Gasteiger partial charge on any atom is 0.349 e. The molecule has 0 saturated carbocycles. The van der Waals surface area contributed by atoms with Gasteiger partial charge in [-0.15, -0.1) is 5.10 Å². The summed E-state index contributed by atoms with van der Waals surface area (Å²) in [4.78, 5) is 24.1. The summed E-state index contributed by atoms with van der Waals surface area (Å²) < 4.78 is 22.4. The van der Waals surface area contributed by atoms with Crippen LogP contribution >= 0.6 is 0 Å². The smallest absolute Gasteiger partial charge is 0.349 e. The molecule has 196 valence electrons. The van der Waals surface area contributed by atoms with E-state index in [-0.39, 0.29) is 41.9 Å². The number of ether oxygens (including phenoxy) is 1. The first-order chi connectivity index (χ1) is 18.4. The lowest BCUT2D eigenvalue weighted by Crippen LogP contribution is -2.18. The van der Waals surface area contributed by atoms with Gasteiger partial charge < -0.3 is 26.6 Å². The van der Waals surface area contributed by atoms with E-state index in [1.54, 1.807) is 30.3 Å². The number of aliphatic hydroxyl groups excluding tert-OH is 1. The molecular formula is C26H27FN8O3. The molecule has 0 unspecified atom stereocenters. The minimum atomic E-state index is -0.936. The second-order valence-corrected chi connectivity index (χ2v) is 8.72. The molecule has 4 aromatic rings. The minimum absolute atomic E-state index is 0.00826. The monoisotopic (exact) mass is 518 g/mol. The van der Waals surface area contributed by atoms with Crippen LogP contribution in [0, 0.1) is 5.82 Å². The lowest BCUT2D eigenvalue weighted by atomic mass is 9.99. The molecule has 1 aliphatic rings. The van der Waals surface area contributed by atoms with Gasteiger partial charge in [0, 0.05) is 23.0 Å². The second kappa shape index (κ2) is 10.3. The first-order valence-corrected chi connectivity index (χ1v) is 12.1. The Morgan fingerprint density at radius 1 is 1.26 bits per heavy atom. The summed E-state index contributed by atoms with van der Waals surface area (Å²) in [6.07, 6.45) is 2.09. The van der Waals surface area contributed by atoms with E-state index in [1.165, 1.54) is 6.20 Å². The van der Waals surface area contributed by atoms with Crippen molar-refractivity contribution >= 4 is 17.2 Å². The van der Waals surface area contributed by atoms with E-state index in [2.05, 4.69) is 25.4 Å². The van der Waals surface area contributed by atoms with E-state index in [4.69, 9.17) is 16.2 Å². The number of nitrogens with one attached hydrogen (secondary N) is 2. The van der Waals surface area contributed by atoms with Crippen LogP contribution in [0.15, 0.2) is 58.4 Å². The molecule has 0 fully saturated rings. The molecule has 0 spiro atoms. The number of anilines is 2. The number of aliphatic imine (C=N–C) groups is 1. The molecular weight excluding hydrogens is 491 g/mol. The zero-order valence-electron chi connectivity index (χ0n) is 20.6. The van der Waals surface area contributed by atoms with Gasteiger partial charge in [-0.1, -0.05) is 13.0 Å². The van der Waals surface area contributed by atoms with Crippen molar-refractivity contribution in [1.82, 2.24) is 19.7 Å². The van der Waals surface area contributed by atoms with Gasteiger partial charge in [0.2, 0.25) is 0 Å². The molecule has 0 bridgehead atoms. The highest BCUT2D eigenvalue weighted by atomic mass is 19.1. The fourth-order valence-corrected chi connectivity index (χ4v) is 4.33. The highest BCUT2D eigenvalue weighted by Crippen LogP contribution is 2.33. The van der Waals surface area contributed by atoms with Crippen LogP contribution in [0.4, 0.5) is 15.8 Å². The van der Waals surface area contributed by atoms with Crippen molar-refractivity contribution in [3.8, 4) is 11.6 Å². The van der Waals surface area contributed by atoms with Gasteiger partial charge in [-0.3, -0.25) is 9.98 Å². The number of aliphatic hydroxyl groups is 1. The Kier molecular flexibility index (Phi) is 6.79. The van der Waals surface area contributed by atoms with E-state index >= 15 is 4.39 Å². The molecule has 3 heterocycles. The Morgan fingerprint density at radius 2 is 2.11 bits per heavy atom. The largest absolute Gasteiger partial charge is 0.488 e. The molecule has 11 nitrogen and oxygen atoms in total. The molecule has 1 aliphatic heterocycles. The number of aromatic amines is 1. The predicted molar refractivity (Wildman–Crippen MR) is 141 cm³/mol. The number of pyridine rings is 1. The van der Waals surface area contributed by atoms with E-state index in [9.17, 15) is 9.90 Å². The van der Waals surface area contributed by atoms with Gasteiger partial charge in [0.1, 0.15) is 18.5 Å². The predicted octanol–water partition coefficient (Wildman–Crippen LogP) is 2.03. The van der Waals surface area contributed by atoms with Crippen LogP contribution < -0.4 is 27.2 Å². The minimum Gasteiger partial charge on any atom is -0.488 e. The van der Waals surface area contributed by atoms with Gasteiger partial charge in [0.25, 0.3) is 0 Å². The molecule has 2 aromatic heterocycles. The normalized spacial score (nSPS) is 13.2. The van der Waals surface area contributed by atoms with Gasteiger partial charge in [-0.2, -0.15) is 4.68 Å². The van der Waals surface area contributed by atoms with Crippen molar-refractivity contribution in [3.63, 3.8) is 0 Å². The Bertz CT molecular complexity index is 1580. The quantitative estimate of drug-likeness (QED) is 0.224. The van der Waals surface area contributed by atoms with Crippen LogP contribution in [0.3, 0.4) is 0 Å². The first-order valence-electron chi connectivity index (χ1n) is 12.1. The molecule has 0 saturated heterocycles. The maximum atomic E-state index is 15.9. The summed E-state index contributed by atoms with van der Waals surface area (Å²) in [6, 6.07) is 11.1. The van der Waals surface area contributed by atoms with Gasteiger partial charge in [0.05, 0.1) is 18.8 Å². The molecule has 12 heteroatoms. The van der Waals surface area contributed by atoms with Crippen LogP contribution in [-0.4, -0.2) is 43.9 Å². The third-order valence-electron chi connectivity index (χ3n) is 6.23. The number of hydrogen-bond donors (Lipinski definition) is 5. The Morgan fingerprint density at radius 3 is 2.87 bits per heavy atom. The number of aryl methyl sites for hydroxylation is 1. The van der Waals surface area contributed by atoms with Crippen molar-refractivity contribution in [3.05, 3.63) is 93.0 Å². The number of amidine groups is 1. The highest BCUT2D eigenvalue weighted by molar-refractivity contribution is 6.01. The average Bonchev–Trinajstić information content (AvgIpc) is 3.49. The van der Waals surface area contributed by atoms with Crippen molar-refractivity contribution in [1.29, 1.82) is 0 Å². The third kappa shape index (κ3) is 4.68. The fraction of sp³-hybridized carbons (Fsp3) is 0.231. The number of benzene rings is 2. The van der Waals surface area contributed by atoms with Gasteiger partial charge in [-0.05, 0) is 53.9 Å². The van der Waals surface area contributed by atoms with Crippen LogP contribution in [0.1, 0.15) is 41.0 Å². The van der Waals surface area contributed by atoms with Gasteiger partial charge in [-0.25, -0.2) is 14.2 Å². The maximum absolute atomic E-state index is 15.9. The Balaban J connectivity index is 1.64. The molecule has 0 aliphatic carbocycles. The number of nitrogens with zero attached hydrogens (tertiary/aromatic N) is 4. The van der Waals surface area contributed by atoms with E-state index in [1.807, 2.05) is 19.1 Å². The Hall–Kier alpha value is -4.71. The van der Waals surface area contributed by atoms with Crippen molar-refractivity contribution in [2.24, 2.45) is 10.7 Å². The number of nitrogen functional groups attached to an aromatic ring is 1. The molecule has 2 aromatic carbocycles. The van der Waals surface area contributed by atoms with Crippen LogP contribution in [0.2, 0.25) is 0 Å². The molecule has 38 heavy (non-hydrogen) atoms. The summed E-state index contributed by atoms with van der Waals surface area (Å²) in [6.45, 7) is 2.03. The topological polar surface area (TPSA) is 169 Å². The second-order valence-electron chi connectivity index (χ2n) is 8.72. The third-order valence-corrected chi connectivity index (χ3v) is 6.23. The molecule has 0 radical (unpaired) electrons.